The number of carbonyl (C=O) groups is 1. The van der Waals surface area contributed by atoms with Crippen LogP contribution in [0.5, 0.6) is 0 Å². The monoisotopic (exact) mass is 229 g/mol. The van der Waals surface area contributed by atoms with Crippen LogP contribution in [0, 0.1) is 12.7 Å². The zero-order valence-electron chi connectivity index (χ0n) is 9.48. The number of aromatic nitrogens is 1. The molecular formula is C14H12FNO. The fourth-order valence-corrected chi connectivity index (χ4v) is 1.70. The summed E-state index contributed by atoms with van der Waals surface area (Å²) in [4.78, 5) is 15.9. The first-order valence-electron chi connectivity index (χ1n) is 5.35. The maximum absolute atomic E-state index is 13.4. The van der Waals surface area contributed by atoms with Crippen LogP contribution in [0.1, 0.15) is 21.5 Å². The number of halogens is 1. The summed E-state index contributed by atoms with van der Waals surface area (Å²) in [5.74, 6) is -0.428. The Hall–Kier alpha value is -2.03. The lowest BCUT2D eigenvalue weighted by Crippen LogP contribution is -2.07. The van der Waals surface area contributed by atoms with E-state index in [0.29, 0.717) is 11.1 Å². The predicted molar refractivity (Wildman–Crippen MR) is 63.4 cm³/mol. The van der Waals surface area contributed by atoms with E-state index in [0.717, 1.165) is 5.56 Å². The molecule has 0 saturated carbocycles. The number of carbonyl (C=O) groups excluding carboxylic acids is 1. The Balaban J connectivity index is 2.24. The van der Waals surface area contributed by atoms with Crippen LogP contribution in [0.3, 0.4) is 0 Å². The van der Waals surface area contributed by atoms with Crippen molar-refractivity contribution < 1.29 is 9.18 Å². The normalized spacial score (nSPS) is 10.2. The van der Waals surface area contributed by atoms with E-state index < -0.39 is 0 Å². The number of nitrogens with zero attached hydrogens (tertiary/aromatic N) is 1. The van der Waals surface area contributed by atoms with E-state index in [1.807, 2.05) is 6.92 Å². The van der Waals surface area contributed by atoms with Gasteiger partial charge in [-0.3, -0.25) is 9.78 Å². The molecule has 0 saturated heterocycles. The van der Waals surface area contributed by atoms with Crippen LogP contribution in [-0.4, -0.2) is 10.8 Å². The summed E-state index contributed by atoms with van der Waals surface area (Å²) in [5.41, 5.74) is 1.84. The number of Topliss-reactive ketones (excluding diaryl/α,β-unsaturated/α-hetero) is 1. The summed E-state index contributed by atoms with van der Waals surface area (Å²) >= 11 is 0. The van der Waals surface area contributed by atoms with Gasteiger partial charge >= 0.3 is 0 Å². The zero-order valence-corrected chi connectivity index (χ0v) is 9.48. The fraction of sp³-hybridized carbons (Fsp3) is 0.143. The van der Waals surface area contributed by atoms with Crippen LogP contribution in [0.4, 0.5) is 4.39 Å². The van der Waals surface area contributed by atoms with Crippen LogP contribution in [0.2, 0.25) is 0 Å². The highest BCUT2D eigenvalue weighted by Crippen LogP contribution is 2.13. The summed E-state index contributed by atoms with van der Waals surface area (Å²) in [6, 6.07) is 8.00. The van der Waals surface area contributed by atoms with Gasteiger partial charge in [-0.25, -0.2) is 4.39 Å². The zero-order chi connectivity index (χ0) is 12.3. The molecule has 0 N–H and O–H groups in total. The maximum atomic E-state index is 13.4. The molecule has 1 aromatic carbocycles. The molecule has 0 fully saturated rings. The first kappa shape index (κ1) is 11.5. The molecule has 0 atom stereocenters. The standard InChI is InChI=1S/C14H12FNO/c1-10-9-16-7-6-12(10)14(17)8-11-4-2-3-5-13(11)15/h2-7,9H,8H2,1H3. The van der Waals surface area contributed by atoms with Gasteiger partial charge in [0.05, 0.1) is 0 Å². The van der Waals surface area contributed by atoms with Crippen molar-refractivity contribution in [1.29, 1.82) is 0 Å². The van der Waals surface area contributed by atoms with Crippen LogP contribution in [-0.2, 0) is 6.42 Å². The highest BCUT2D eigenvalue weighted by Gasteiger charge is 2.11. The van der Waals surface area contributed by atoms with Crippen molar-refractivity contribution >= 4 is 5.78 Å². The van der Waals surface area contributed by atoms with Crippen LogP contribution < -0.4 is 0 Å². The largest absolute Gasteiger partial charge is 0.294 e. The van der Waals surface area contributed by atoms with Crippen molar-refractivity contribution in [2.24, 2.45) is 0 Å². The first-order chi connectivity index (χ1) is 8.18. The van der Waals surface area contributed by atoms with E-state index in [1.165, 1.54) is 6.07 Å². The minimum Gasteiger partial charge on any atom is -0.294 e. The molecular weight excluding hydrogens is 217 g/mol. The SMILES string of the molecule is Cc1cnccc1C(=O)Cc1ccccc1F. The lowest BCUT2D eigenvalue weighted by atomic mass is 10.0. The second-order valence-corrected chi connectivity index (χ2v) is 3.88. The van der Waals surface area contributed by atoms with E-state index in [-0.39, 0.29) is 18.0 Å². The first-order valence-corrected chi connectivity index (χ1v) is 5.35. The Morgan fingerprint density at radius 3 is 2.76 bits per heavy atom. The Morgan fingerprint density at radius 2 is 2.06 bits per heavy atom. The quantitative estimate of drug-likeness (QED) is 0.757. The average molecular weight is 229 g/mol. The molecule has 1 aromatic heterocycles. The molecule has 2 nitrogen and oxygen atoms in total. The second kappa shape index (κ2) is 4.87. The molecule has 0 aliphatic carbocycles. The van der Waals surface area contributed by atoms with Gasteiger partial charge in [-0.2, -0.15) is 0 Å². The van der Waals surface area contributed by atoms with Crippen LogP contribution >= 0.6 is 0 Å². The molecule has 2 aromatic rings. The minimum absolute atomic E-state index is 0.0809. The Labute approximate surface area is 99.1 Å². The summed E-state index contributed by atoms with van der Waals surface area (Å²) in [6.45, 7) is 1.82. The van der Waals surface area contributed by atoms with Crippen LogP contribution in [0.25, 0.3) is 0 Å². The van der Waals surface area contributed by atoms with E-state index in [2.05, 4.69) is 4.98 Å². The third kappa shape index (κ3) is 2.56. The summed E-state index contributed by atoms with van der Waals surface area (Å²) < 4.78 is 13.4. The van der Waals surface area contributed by atoms with Gasteiger partial charge in [-0.1, -0.05) is 18.2 Å². The topological polar surface area (TPSA) is 30.0 Å². The van der Waals surface area contributed by atoms with Gasteiger partial charge in [-0.15, -0.1) is 0 Å². The Bertz CT molecular complexity index is 551. The lowest BCUT2D eigenvalue weighted by Gasteiger charge is -2.05. The van der Waals surface area contributed by atoms with Crippen molar-refractivity contribution in [2.75, 3.05) is 0 Å². The molecule has 0 amide bonds. The molecule has 2 rings (SSSR count). The molecule has 0 radical (unpaired) electrons. The highest BCUT2D eigenvalue weighted by molar-refractivity contribution is 5.98. The Kier molecular flexibility index (Phi) is 3.28. The number of hydrogen-bond donors (Lipinski definition) is 0. The molecule has 17 heavy (non-hydrogen) atoms. The van der Waals surface area contributed by atoms with Gasteiger partial charge in [0.15, 0.2) is 5.78 Å². The highest BCUT2D eigenvalue weighted by atomic mass is 19.1. The van der Waals surface area contributed by atoms with Crippen molar-refractivity contribution in [3.8, 4) is 0 Å². The third-order valence-electron chi connectivity index (χ3n) is 2.63. The molecule has 0 unspecified atom stereocenters. The lowest BCUT2D eigenvalue weighted by molar-refractivity contribution is 0.0991. The number of pyridine rings is 1. The summed E-state index contributed by atoms with van der Waals surface area (Å²) in [7, 11) is 0. The molecule has 0 bridgehead atoms. The van der Waals surface area contributed by atoms with Crippen molar-refractivity contribution in [2.45, 2.75) is 13.3 Å². The Morgan fingerprint density at radius 1 is 1.29 bits per heavy atom. The number of rotatable bonds is 3. The van der Waals surface area contributed by atoms with Gasteiger partial charge in [-0.05, 0) is 30.2 Å². The van der Waals surface area contributed by atoms with Gasteiger partial charge in [0.1, 0.15) is 5.82 Å². The fourth-order valence-electron chi connectivity index (χ4n) is 1.70. The van der Waals surface area contributed by atoms with E-state index in [9.17, 15) is 9.18 Å². The third-order valence-corrected chi connectivity index (χ3v) is 2.63. The molecule has 1 heterocycles. The molecule has 0 spiro atoms. The summed E-state index contributed by atoms with van der Waals surface area (Å²) in [6.07, 6.45) is 3.29. The van der Waals surface area contributed by atoms with E-state index in [1.54, 1.807) is 36.7 Å². The summed E-state index contributed by atoms with van der Waals surface area (Å²) in [5, 5.41) is 0. The number of ketones is 1. The minimum atomic E-state index is -0.340. The molecule has 0 aliphatic rings. The average Bonchev–Trinajstić information content (AvgIpc) is 2.32. The number of hydrogen-bond acceptors (Lipinski definition) is 2. The number of benzene rings is 1. The van der Waals surface area contributed by atoms with E-state index >= 15 is 0 Å². The molecule has 86 valence electrons. The maximum Gasteiger partial charge on any atom is 0.167 e. The van der Waals surface area contributed by atoms with Gasteiger partial charge in [0, 0.05) is 24.4 Å². The van der Waals surface area contributed by atoms with Crippen LogP contribution in [0.15, 0.2) is 42.7 Å². The predicted octanol–water partition coefficient (Wildman–Crippen LogP) is 2.95. The van der Waals surface area contributed by atoms with Crippen molar-refractivity contribution in [3.05, 3.63) is 65.2 Å². The smallest absolute Gasteiger partial charge is 0.167 e. The van der Waals surface area contributed by atoms with Gasteiger partial charge < -0.3 is 0 Å². The van der Waals surface area contributed by atoms with E-state index in [4.69, 9.17) is 0 Å². The number of aryl methyl sites for hydroxylation is 1. The van der Waals surface area contributed by atoms with Gasteiger partial charge in [0.2, 0.25) is 0 Å². The molecule has 0 aliphatic heterocycles. The molecule has 3 heteroatoms. The van der Waals surface area contributed by atoms with Crippen molar-refractivity contribution in [3.63, 3.8) is 0 Å². The van der Waals surface area contributed by atoms with Crippen molar-refractivity contribution in [1.82, 2.24) is 4.98 Å². The van der Waals surface area contributed by atoms with Gasteiger partial charge in [0.25, 0.3) is 0 Å². The second-order valence-electron chi connectivity index (χ2n) is 3.88.